The van der Waals surface area contributed by atoms with E-state index in [1.165, 1.54) is 12.1 Å². The van der Waals surface area contributed by atoms with Crippen LogP contribution >= 0.6 is 0 Å². The van der Waals surface area contributed by atoms with Gasteiger partial charge in [-0.15, -0.1) is 0 Å². The van der Waals surface area contributed by atoms with Crippen molar-refractivity contribution in [3.8, 4) is 5.75 Å². The van der Waals surface area contributed by atoms with E-state index < -0.39 is 18.5 Å². The lowest BCUT2D eigenvalue weighted by molar-refractivity contribution is -0.124. The highest BCUT2D eigenvalue weighted by molar-refractivity contribution is 6.20. The second kappa shape index (κ2) is 9.69. The number of carbonyl (C=O) groups is 4. The van der Waals surface area contributed by atoms with Crippen molar-refractivity contribution < 1.29 is 28.7 Å². The highest BCUT2D eigenvalue weighted by atomic mass is 16.5. The highest BCUT2D eigenvalue weighted by Gasteiger charge is 2.30. The average Bonchev–Trinajstić information content (AvgIpc) is 3.10. The zero-order valence-electron chi connectivity index (χ0n) is 16.6. The molecule has 30 heavy (non-hydrogen) atoms. The lowest BCUT2D eigenvalue weighted by Gasteiger charge is -2.14. The number of hydrogen-bond donors (Lipinski definition) is 1. The summed E-state index contributed by atoms with van der Waals surface area (Å²) in [5.74, 6) is -0.972. The molecule has 8 nitrogen and oxygen atoms in total. The fourth-order valence-corrected chi connectivity index (χ4v) is 3.04. The number of nitrogens with one attached hydrogen (secondary N) is 1. The van der Waals surface area contributed by atoms with Crippen LogP contribution in [0.1, 0.15) is 28.8 Å². The number of rotatable bonds is 8. The van der Waals surface area contributed by atoms with Gasteiger partial charge in [-0.1, -0.05) is 18.2 Å². The Hall–Kier alpha value is -3.68. The zero-order valence-corrected chi connectivity index (χ0v) is 16.6. The van der Waals surface area contributed by atoms with Gasteiger partial charge in [0.2, 0.25) is 11.8 Å². The van der Waals surface area contributed by atoms with E-state index in [-0.39, 0.29) is 30.2 Å². The van der Waals surface area contributed by atoms with Crippen molar-refractivity contribution in [2.75, 3.05) is 25.2 Å². The van der Waals surface area contributed by atoms with Gasteiger partial charge >= 0.3 is 5.97 Å². The first-order chi connectivity index (χ1) is 14.5. The predicted molar refractivity (Wildman–Crippen MR) is 108 cm³/mol. The summed E-state index contributed by atoms with van der Waals surface area (Å²) in [6.07, 6.45) is 0.942. The van der Waals surface area contributed by atoms with Gasteiger partial charge in [0.1, 0.15) is 5.75 Å². The second-order valence-electron chi connectivity index (χ2n) is 6.70. The number of carbonyl (C=O) groups excluding carboxylic acids is 4. The molecule has 0 spiro atoms. The van der Waals surface area contributed by atoms with Crippen LogP contribution in [0.25, 0.3) is 0 Å². The predicted octanol–water partition coefficient (Wildman–Crippen LogP) is 1.86. The molecule has 1 N–H and O–H groups in total. The molecule has 1 saturated heterocycles. The van der Waals surface area contributed by atoms with Gasteiger partial charge in [0.25, 0.3) is 5.91 Å². The molecular formula is C22H22N2O6. The first-order valence-corrected chi connectivity index (χ1v) is 9.50. The summed E-state index contributed by atoms with van der Waals surface area (Å²) in [6, 6.07) is 13.5. The van der Waals surface area contributed by atoms with Crippen LogP contribution in [0.15, 0.2) is 48.5 Å². The summed E-state index contributed by atoms with van der Waals surface area (Å²) in [5.41, 5.74) is 1.52. The van der Waals surface area contributed by atoms with Gasteiger partial charge in [-0.2, -0.15) is 0 Å². The van der Waals surface area contributed by atoms with Crippen LogP contribution in [-0.2, 0) is 25.5 Å². The molecule has 0 aliphatic carbocycles. The number of methoxy groups -OCH3 is 1. The fourth-order valence-electron chi connectivity index (χ4n) is 3.04. The van der Waals surface area contributed by atoms with Gasteiger partial charge in [-0.05, 0) is 42.3 Å². The Labute approximate surface area is 173 Å². The van der Waals surface area contributed by atoms with Crippen molar-refractivity contribution in [3.05, 3.63) is 59.7 Å². The summed E-state index contributed by atoms with van der Waals surface area (Å²) < 4.78 is 10.1. The molecular weight excluding hydrogens is 388 g/mol. The number of anilines is 1. The van der Waals surface area contributed by atoms with Gasteiger partial charge in [-0.3, -0.25) is 19.3 Å². The Morgan fingerprint density at radius 1 is 1.03 bits per heavy atom. The monoisotopic (exact) mass is 410 g/mol. The molecule has 0 saturated carbocycles. The van der Waals surface area contributed by atoms with E-state index in [4.69, 9.17) is 9.47 Å². The third kappa shape index (κ3) is 5.22. The van der Waals surface area contributed by atoms with Gasteiger partial charge in [0, 0.05) is 19.4 Å². The molecule has 0 unspecified atom stereocenters. The molecule has 1 aliphatic heterocycles. The van der Waals surface area contributed by atoms with E-state index in [1.54, 1.807) is 19.2 Å². The first kappa shape index (κ1) is 21.0. The van der Waals surface area contributed by atoms with Crippen LogP contribution in [0.4, 0.5) is 5.69 Å². The topological polar surface area (TPSA) is 102 Å². The molecule has 8 heteroatoms. The van der Waals surface area contributed by atoms with Crippen LogP contribution in [0.2, 0.25) is 0 Å². The summed E-state index contributed by atoms with van der Waals surface area (Å²) in [6.45, 7) is -0.0232. The largest absolute Gasteiger partial charge is 0.497 e. The lowest BCUT2D eigenvalue weighted by Crippen LogP contribution is -2.30. The molecule has 1 aliphatic rings. The van der Waals surface area contributed by atoms with E-state index in [2.05, 4.69) is 5.32 Å². The minimum atomic E-state index is -0.707. The normalized spacial score (nSPS) is 13.3. The molecule has 3 amide bonds. The van der Waals surface area contributed by atoms with Crippen molar-refractivity contribution in [3.63, 3.8) is 0 Å². The van der Waals surface area contributed by atoms with Crippen LogP contribution in [0.3, 0.4) is 0 Å². The number of benzene rings is 2. The zero-order chi connectivity index (χ0) is 21.5. The highest BCUT2D eigenvalue weighted by Crippen LogP contribution is 2.23. The van der Waals surface area contributed by atoms with Gasteiger partial charge < -0.3 is 14.8 Å². The molecule has 2 aromatic carbocycles. The van der Waals surface area contributed by atoms with Gasteiger partial charge in [0.15, 0.2) is 6.61 Å². The molecule has 0 bridgehead atoms. The Morgan fingerprint density at radius 3 is 2.40 bits per heavy atom. The SMILES string of the molecule is COc1ccc(CCNC(=O)COC(=O)c2cccc(N3C(=O)CCC3=O)c2)cc1. The van der Waals surface area contributed by atoms with E-state index >= 15 is 0 Å². The summed E-state index contributed by atoms with van der Waals surface area (Å²) >= 11 is 0. The third-order valence-corrected chi connectivity index (χ3v) is 4.62. The lowest BCUT2D eigenvalue weighted by atomic mass is 10.1. The standard InChI is InChI=1S/C22H22N2O6/c1-29-18-7-5-15(6-8-18)11-12-23-19(25)14-30-22(28)16-3-2-4-17(13-16)24-20(26)9-10-21(24)27/h2-8,13H,9-12,14H2,1H3,(H,23,25). The molecule has 0 atom stereocenters. The van der Waals surface area contributed by atoms with E-state index in [0.29, 0.717) is 18.7 Å². The van der Waals surface area contributed by atoms with E-state index in [1.807, 2.05) is 24.3 Å². The fraction of sp³-hybridized carbons (Fsp3) is 0.273. The van der Waals surface area contributed by atoms with Crippen LogP contribution in [0, 0.1) is 0 Å². The second-order valence-corrected chi connectivity index (χ2v) is 6.70. The Balaban J connectivity index is 1.46. The quantitative estimate of drug-likeness (QED) is 0.527. The van der Waals surface area contributed by atoms with Gasteiger partial charge in [0.05, 0.1) is 18.4 Å². The Morgan fingerprint density at radius 2 is 1.73 bits per heavy atom. The molecule has 1 heterocycles. The van der Waals surface area contributed by atoms with E-state index in [9.17, 15) is 19.2 Å². The molecule has 0 aromatic heterocycles. The van der Waals surface area contributed by atoms with Crippen LogP contribution < -0.4 is 15.0 Å². The maximum Gasteiger partial charge on any atom is 0.338 e. The maximum absolute atomic E-state index is 12.2. The summed E-state index contributed by atoms with van der Waals surface area (Å²) in [5, 5.41) is 2.69. The molecule has 156 valence electrons. The number of imide groups is 1. The number of hydrogen-bond acceptors (Lipinski definition) is 6. The maximum atomic E-state index is 12.2. The third-order valence-electron chi connectivity index (χ3n) is 4.62. The smallest absolute Gasteiger partial charge is 0.338 e. The molecule has 0 radical (unpaired) electrons. The summed E-state index contributed by atoms with van der Waals surface area (Å²) in [4.78, 5) is 48.9. The van der Waals surface area contributed by atoms with Crippen molar-refractivity contribution in [2.24, 2.45) is 0 Å². The van der Waals surface area contributed by atoms with Crippen LogP contribution in [-0.4, -0.2) is 44.0 Å². The summed E-state index contributed by atoms with van der Waals surface area (Å²) in [7, 11) is 1.60. The Bertz CT molecular complexity index is 938. The molecule has 2 aromatic rings. The minimum Gasteiger partial charge on any atom is -0.497 e. The molecule has 3 rings (SSSR count). The van der Waals surface area contributed by atoms with Crippen molar-refractivity contribution in [1.82, 2.24) is 5.32 Å². The number of nitrogens with zero attached hydrogens (tertiary/aromatic N) is 1. The molecule has 1 fully saturated rings. The van der Waals surface area contributed by atoms with Crippen molar-refractivity contribution >= 4 is 29.4 Å². The number of ether oxygens (including phenoxy) is 2. The number of amides is 3. The Kier molecular flexibility index (Phi) is 6.79. The average molecular weight is 410 g/mol. The van der Waals surface area contributed by atoms with Crippen molar-refractivity contribution in [2.45, 2.75) is 19.3 Å². The van der Waals surface area contributed by atoms with E-state index in [0.717, 1.165) is 16.2 Å². The first-order valence-electron chi connectivity index (χ1n) is 9.50. The van der Waals surface area contributed by atoms with Crippen LogP contribution in [0.5, 0.6) is 5.75 Å². The number of esters is 1. The van der Waals surface area contributed by atoms with Crippen molar-refractivity contribution in [1.29, 1.82) is 0 Å². The van der Waals surface area contributed by atoms with Gasteiger partial charge in [-0.25, -0.2) is 4.79 Å². The minimum absolute atomic E-state index is 0.157.